The molecular formula is C18H28N2O. The second kappa shape index (κ2) is 8.83. The Morgan fingerprint density at radius 3 is 2.43 bits per heavy atom. The molecule has 0 aliphatic heterocycles. The van der Waals surface area contributed by atoms with Gasteiger partial charge in [-0.25, -0.2) is 0 Å². The van der Waals surface area contributed by atoms with Gasteiger partial charge in [-0.1, -0.05) is 37.5 Å². The van der Waals surface area contributed by atoms with Gasteiger partial charge in [0, 0.05) is 18.7 Å². The van der Waals surface area contributed by atoms with Crippen molar-refractivity contribution in [3.05, 3.63) is 30.3 Å². The Hall–Kier alpha value is -1.35. The van der Waals surface area contributed by atoms with E-state index in [1.54, 1.807) is 0 Å². The Morgan fingerprint density at radius 2 is 1.81 bits per heavy atom. The average molecular weight is 288 g/mol. The predicted octanol–water partition coefficient (Wildman–Crippen LogP) is 3.73. The van der Waals surface area contributed by atoms with E-state index in [1.807, 2.05) is 35.2 Å². The van der Waals surface area contributed by atoms with Gasteiger partial charge in [0.1, 0.15) is 0 Å². The standard InChI is InChI=1S/C18H28N2O/c19-14-7-2-1-6-13-18(21)20(15-16-9-8-10-16)17-11-4-3-5-12-17/h3-5,11-12,16H,1-2,6-10,13-15,19H2. The first-order chi connectivity index (χ1) is 10.3. The second-order valence-electron chi connectivity index (χ2n) is 6.09. The van der Waals surface area contributed by atoms with Crippen molar-refractivity contribution in [3.63, 3.8) is 0 Å². The van der Waals surface area contributed by atoms with E-state index in [1.165, 1.54) is 19.3 Å². The lowest BCUT2D eigenvalue weighted by Gasteiger charge is -2.32. The highest BCUT2D eigenvalue weighted by atomic mass is 16.2. The van der Waals surface area contributed by atoms with Crippen LogP contribution < -0.4 is 10.6 Å². The Morgan fingerprint density at radius 1 is 1.10 bits per heavy atom. The van der Waals surface area contributed by atoms with Gasteiger partial charge in [-0.05, 0) is 50.3 Å². The summed E-state index contributed by atoms with van der Waals surface area (Å²) in [6, 6.07) is 10.1. The van der Waals surface area contributed by atoms with Crippen molar-refractivity contribution in [2.75, 3.05) is 18.0 Å². The number of benzene rings is 1. The summed E-state index contributed by atoms with van der Waals surface area (Å²) in [4.78, 5) is 14.6. The molecule has 0 radical (unpaired) electrons. The van der Waals surface area contributed by atoms with E-state index in [4.69, 9.17) is 5.73 Å². The fourth-order valence-corrected chi connectivity index (χ4v) is 2.80. The Bertz CT molecular complexity index is 414. The molecule has 0 atom stereocenters. The largest absolute Gasteiger partial charge is 0.330 e. The van der Waals surface area contributed by atoms with Crippen molar-refractivity contribution in [3.8, 4) is 0 Å². The number of carbonyl (C=O) groups is 1. The number of nitrogens with two attached hydrogens (primary N) is 1. The monoisotopic (exact) mass is 288 g/mol. The molecule has 0 unspecified atom stereocenters. The van der Waals surface area contributed by atoms with Crippen LogP contribution in [0.4, 0.5) is 5.69 Å². The van der Waals surface area contributed by atoms with Crippen LogP contribution in [-0.2, 0) is 4.79 Å². The third-order valence-electron chi connectivity index (χ3n) is 4.38. The molecule has 1 aromatic rings. The minimum atomic E-state index is 0.279. The Kier molecular flexibility index (Phi) is 6.74. The number of para-hydroxylation sites is 1. The van der Waals surface area contributed by atoms with E-state index >= 15 is 0 Å². The molecule has 2 rings (SSSR count). The van der Waals surface area contributed by atoms with Crippen LogP contribution in [0.2, 0.25) is 0 Å². The first-order valence-electron chi connectivity index (χ1n) is 8.36. The van der Waals surface area contributed by atoms with Crippen LogP contribution in [0, 0.1) is 5.92 Å². The van der Waals surface area contributed by atoms with E-state index < -0.39 is 0 Å². The summed E-state index contributed by atoms with van der Waals surface area (Å²) < 4.78 is 0. The van der Waals surface area contributed by atoms with E-state index in [-0.39, 0.29) is 5.91 Å². The molecule has 1 aliphatic rings. The minimum Gasteiger partial charge on any atom is -0.330 e. The third-order valence-corrected chi connectivity index (χ3v) is 4.38. The molecule has 1 saturated carbocycles. The van der Waals surface area contributed by atoms with Crippen molar-refractivity contribution in [2.24, 2.45) is 11.7 Å². The van der Waals surface area contributed by atoms with Crippen LogP contribution in [0.25, 0.3) is 0 Å². The fourth-order valence-electron chi connectivity index (χ4n) is 2.80. The van der Waals surface area contributed by atoms with Crippen molar-refractivity contribution < 1.29 is 4.79 Å². The van der Waals surface area contributed by atoms with E-state index in [2.05, 4.69) is 0 Å². The van der Waals surface area contributed by atoms with Crippen molar-refractivity contribution in [1.29, 1.82) is 0 Å². The van der Waals surface area contributed by atoms with Crippen LogP contribution in [0.5, 0.6) is 0 Å². The Labute approximate surface area is 128 Å². The van der Waals surface area contributed by atoms with Crippen LogP contribution >= 0.6 is 0 Å². The summed E-state index contributed by atoms with van der Waals surface area (Å²) >= 11 is 0. The molecule has 3 nitrogen and oxygen atoms in total. The van der Waals surface area contributed by atoms with Gasteiger partial charge >= 0.3 is 0 Å². The lowest BCUT2D eigenvalue weighted by Crippen LogP contribution is -2.37. The summed E-state index contributed by atoms with van der Waals surface area (Å²) in [6.45, 7) is 1.65. The lowest BCUT2D eigenvalue weighted by atomic mass is 9.85. The SMILES string of the molecule is NCCCCCCC(=O)N(CC1CCC1)c1ccccc1. The molecule has 2 N–H and O–H groups in total. The van der Waals surface area contributed by atoms with Gasteiger partial charge in [0.15, 0.2) is 0 Å². The zero-order valence-electron chi connectivity index (χ0n) is 13.0. The number of unbranched alkanes of at least 4 members (excludes halogenated alkanes) is 3. The second-order valence-corrected chi connectivity index (χ2v) is 6.09. The summed E-state index contributed by atoms with van der Waals surface area (Å²) in [5.41, 5.74) is 6.55. The van der Waals surface area contributed by atoms with Crippen LogP contribution in [0.1, 0.15) is 51.4 Å². The maximum absolute atomic E-state index is 12.6. The van der Waals surface area contributed by atoms with Gasteiger partial charge in [-0.3, -0.25) is 4.79 Å². The molecule has 1 fully saturated rings. The predicted molar refractivity (Wildman–Crippen MR) is 88.3 cm³/mol. The van der Waals surface area contributed by atoms with Gasteiger partial charge in [0.2, 0.25) is 5.91 Å². The maximum Gasteiger partial charge on any atom is 0.226 e. The number of amides is 1. The zero-order chi connectivity index (χ0) is 14.9. The number of hydrogen-bond acceptors (Lipinski definition) is 2. The molecular weight excluding hydrogens is 260 g/mol. The summed E-state index contributed by atoms with van der Waals surface area (Å²) in [6.07, 6.45) is 8.81. The first-order valence-corrected chi connectivity index (χ1v) is 8.36. The van der Waals surface area contributed by atoms with E-state index in [0.29, 0.717) is 12.3 Å². The van der Waals surface area contributed by atoms with Crippen molar-refractivity contribution in [2.45, 2.75) is 51.4 Å². The number of carbonyl (C=O) groups excluding carboxylic acids is 1. The van der Waals surface area contributed by atoms with Gasteiger partial charge in [0.05, 0.1) is 0 Å². The summed E-state index contributed by atoms with van der Waals surface area (Å²) in [5.74, 6) is 0.979. The van der Waals surface area contributed by atoms with E-state index in [0.717, 1.165) is 44.5 Å². The number of rotatable bonds is 9. The average Bonchev–Trinajstić information content (AvgIpc) is 2.46. The third kappa shape index (κ3) is 5.16. The molecule has 0 bridgehead atoms. The highest BCUT2D eigenvalue weighted by Crippen LogP contribution is 2.29. The molecule has 0 aromatic heterocycles. The molecule has 21 heavy (non-hydrogen) atoms. The number of nitrogens with zero attached hydrogens (tertiary/aromatic N) is 1. The molecule has 3 heteroatoms. The smallest absolute Gasteiger partial charge is 0.226 e. The van der Waals surface area contributed by atoms with Crippen molar-refractivity contribution in [1.82, 2.24) is 0 Å². The topological polar surface area (TPSA) is 46.3 Å². The normalized spacial score (nSPS) is 14.7. The van der Waals surface area contributed by atoms with Gasteiger partial charge in [-0.2, -0.15) is 0 Å². The first kappa shape index (κ1) is 16.0. The quantitative estimate of drug-likeness (QED) is 0.704. The fraction of sp³-hybridized carbons (Fsp3) is 0.611. The molecule has 0 spiro atoms. The van der Waals surface area contributed by atoms with E-state index in [9.17, 15) is 4.79 Å². The van der Waals surface area contributed by atoms with Crippen LogP contribution in [0.15, 0.2) is 30.3 Å². The molecule has 0 saturated heterocycles. The van der Waals surface area contributed by atoms with Crippen molar-refractivity contribution >= 4 is 11.6 Å². The van der Waals surface area contributed by atoms with Gasteiger partial charge in [0.25, 0.3) is 0 Å². The lowest BCUT2D eigenvalue weighted by molar-refractivity contribution is -0.119. The minimum absolute atomic E-state index is 0.279. The summed E-state index contributed by atoms with van der Waals surface area (Å²) in [7, 11) is 0. The Balaban J connectivity index is 1.86. The van der Waals surface area contributed by atoms with Crippen LogP contribution in [-0.4, -0.2) is 19.0 Å². The van der Waals surface area contributed by atoms with Gasteiger partial charge in [-0.15, -0.1) is 0 Å². The molecule has 1 aromatic carbocycles. The number of hydrogen-bond donors (Lipinski definition) is 1. The van der Waals surface area contributed by atoms with Gasteiger partial charge < -0.3 is 10.6 Å². The highest BCUT2D eigenvalue weighted by molar-refractivity contribution is 5.93. The zero-order valence-corrected chi connectivity index (χ0v) is 13.0. The van der Waals surface area contributed by atoms with Crippen LogP contribution in [0.3, 0.4) is 0 Å². The number of anilines is 1. The summed E-state index contributed by atoms with van der Waals surface area (Å²) in [5, 5.41) is 0. The maximum atomic E-state index is 12.6. The molecule has 116 valence electrons. The molecule has 1 aliphatic carbocycles. The molecule has 0 heterocycles. The molecule has 1 amide bonds. The highest BCUT2D eigenvalue weighted by Gasteiger charge is 2.24.